The van der Waals surface area contributed by atoms with Gasteiger partial charge in [0.05, 0.1) is 8.07 Å². The predicted molar refractivity (Wildman–Crippen MR) is 46.3 cm³/mol. The molecule has 0 aromatic rings. The Kier molecular flexibility index (Phi) is 3.48. The van der Waals surface area contributed by atoms with Crippen molar-refractivity contribution in [1.29, 1.82) is 0 Å². The molecule has 0 saturated carbocycles. The average Bonchev–Trinajstić information content (AvgIpc) is 1.59. The van der Waals surface area contributed by atoms with Crippen LogP contribution < -0.4 is 0 Å². The number of thiol groups is 1. The molecule has 0 nitrogen and oxygen atoms in total. The monoisotopic (exact) mass is 146 g/mol. The van der Waals surface area contributed by atoms with Gasteiger partial charge in [-0.2, -0.15) is 12.6 Å². The van der Waals surface area contributed by atoms with E-state index < -0.39 is 8.07 Å². The van der Waals surface area contributed by atoms with Crippen molar-refractivity contribution in [2.45, 2.75) is 19.6 Å². The molecular formula is C6H14SSi. The van der Waals surface area contributed by atoms with Gasteiger partial charge in [0.2, 0.25) is 0 Å². The maximum absolute atomic E-state index is 4.07. The van der Waals surface area contributed by atoms with Crippen molar-refractivity contribution in [1.82, 2.24) is 0 Å². The summed E-state index contributed by atoms with van der Waals surface area (Å²) in [5, 5.41) is 0. The van der Waals surface area contributed by atoms with E-state index in [1.165, 1.54) is 0 Å². The van der Waals surface area contributed by atoms with Crippen LogP contribution in [-0.2, 0) is 0 Å². The normalized spacial score (nSPS) is 13.0. The lowest BCUT2D eigenvalue weighted by molar-refractivity contribution is 1.72. The first kappa shape index (κ1) is 8.31. The molecule has 0 aliphatic rings. The lowest BCUT2D eigenvalue weighted by atomic mass is 10.8. The summed E-state index contributed by atoms with van der Waals surface area (Å²) in [4.78, 5) is 0. The second kappa shape index (κ2) is 3.36. The lowest BCUT2D eigenvalue weighted by Gasteiger charge is -2.06. The summed E-state index contributed by atoms with van der Waals surface area (Å²) in [5.41, 5.74) is 2.31. The molecule has 8 heavy (non-hydrogen) atoms. The Morgan fingerprint density at radius 3 is 2.00 bits per heavy atom. The molecule has 48 valence electrons. The minimum Gasteiger partial charge on any atom is -0.175 e. The fourth-order valence-electron chi connectivity index (χ4n) is 0.406. The summed E-state index contributed by atoms with van der Waals surface area (Å²) >= 11 is 4.07. The largest absolute Gasteiger partial charge is 0.175 e. The van der Waals surface area contributed by atoms with Gasteiger partial charge in [-0.1, -0.05) is 31.4 Å². The lowest BCUT2D eigenvalue weighted by Crippen LogP contribution is -2.15. The Hall–Kier alpha value is 0.307. The summed E-state index contributed by atoms with van der Waals surface area (Å²) in [6.45, 7) is 6.94. The van der Waals surface area contributed by atoms with Gasteiger partial charge in [0.25, 0.3) is 0 Å². The molecule has 0 amide bonds. The quantitative estimate of drug-likeness (QED) is 0.449. The minimum atomic E-state index is -0.908. The first-order valence-corrected chi connectivity index (χ1v) is 7.06. The molecule has 0 aliphatic heterocycles. The molecule has 0 N–H and O–H groups in total. The van der Waals surface area contributed by atoms with Crippen molar-refractivity contribution >= 4 is 20.7 Å². The molecule has 0 bridgehead atoms. The van der Waals surface area contributed by atoms with Crippen molar-refractivity contribution in [3.05, 3.63) is 11.8 Å². The van der Waals surface area contributed by atoms with E-state index in [-0.39, 0.29) is 0 Å². The molecule has 0 aliphatic carbocycles. The maximum atomic E-state index is 4.07. The van der Waals surface area contributed by atoms with Crippen LogP contribution in [0.3, 0.4) is 0 Å². The molecule has 0 unspecified atom stereocenters. The molecule has 0 spiro atoms. The van der Waals surface area contributed by atoms with Crippen LogP contribution in [0.4, 0.5) is 0 Å². The maximum Gasteiger partial charge on any atom is 0.0683 e. The first-order valence-electron chi connectivity index (χ1n) is 2.85. The van der Waals surface area contributed by atoms with Gasteiger partial charge < -0.3 is 0 Å². The minimum absolute atomic E-state index is 0.879. The second-order valence-corrected chi connectivity index (χ2v) is 8.38. The standard InChI is InChI=1S/C6H14SSi/c1-8(2,3)6-4-5-7/h4,6-7H,5H2,1-3H3. The van der Waals surface area contributed by atoms with E-state index in [2.05, 4.69) is 44.0 Å². The van der Waals surface area contributed by atoms with Gasteiger partial charge in [-0.3, -0.25) is 0 Å². The van der Waals surface area contributed by atoms with Gasteiger partial charge in [0, 0.05) is 5.75 Å². The fourth-order valence-corrected chi connectivity index (χ4v) is 1.54. The van der Waals surface area contributed by atoms with E-state index in [1.54, 1.807) is 0 Å². The molecule has 0 rings (SSSR count). The van der Waals surface area contributed by atoms with Gasteiger partial charge in [-0.25, -0.2) is 0 Å². The van der Waals surface area contributed by atoms with Crippen LogP contribution >= 0.6 is 12.6 Å². The number of rotatable bonds is 2. The second-order valence-electron chi connectivity index (χ2n) is 2.95. The zero-order valence-electron chi connectivity index (χ0n) is 5.81. The summed E-state index contributed by atoms with van der Waals surface area (Å²) in [6, 6.07) is 0. The molecule has 0 saturated heterocycles. The van der Waals surface area contributed by atoms with Crippen molar-refractivity contribution in [2.75, 3.05) is 5.75 Å². The zero-order valence-corrected chi connectivity index (χ0v) is 7.70. The Morgan fingerprint density at radius 1 is 1.38 bits per heavy atom. The van der Waals surface area contributed by atoms with Crippen LogP contribution in [0.25, 0.3) is 0 Å². The van der Waals surface area contributed by atoms with Crippen molar-refractivity contribution in [3.8, 4) is 0 Å². The Labute approximate surface area is 58.4 Å². The molecule has 0 fully saturated rings. The molecule has 0 atom stereocenters. The van der Waals surface area contributed by atoms with Gasteiger partial charge in [0.15, 0.2) is 0 Å². The highest BCUT2D eigenvalue weighted by Crippen LogP contribution is 2.01. The van der Waals surface area contributed by atoms with Crippen molar-refractivity contribution < 1.29 is 0 Å². The van der Waals surface area contributed by atoms with E-state index in [0.29, 0.717) is 0 Å². The molecule has 0 aromatic carbocycles. The van der Waals surface area contributed by atoms with E-state index in [4.69, 9.17) is 0 Å². The van der Waals surface area contributed by atoms with Crippen LogP contribution in [0.1, 0.15) is 0 Å². The fraction of sp³-hybridized carbons (Fsp3) is 0.667. The van der Waals surface area contributed by atoms with Crippen LogP contribution in [0.5, 0.6) is 0 Å². The predicted octanol–water partition coefficient (Wildman–Crippen LogP) is 2.35. The van der Waals surface area contributed by atoms with Gasteiger partial charge in [0.1, 0.15) is 0 Å². The highest BCUT2D eigenvalue weighted by Gasteiger charge is 2.05. The third kappa shape index (κ3) is 6.31. The molecule has 0 aromatic heterocycles. The van der Waals surface area contributed by atoms with Gasteiger partial charge >= 0.3 is 0 Å². The third-order valence-corrected chi connectivity index (χ3v) is 2.17. The topological polar surface area (TPSA) is 0 Å². The van der Waals surface area contributed by atoms with Crippen molar-refractivity contribution in [3.63, 3.8) is 0 Å². The van der Waals surface area contributed by atoms with Crippen LogP contribution in [0.2, 0.25) is 19.6 Å². The molecule has 2 heteroatoms. The zero-order chi connectivity index (χ0) is 6.62. The molecular weight excluding hydrogens is 132 g/mol. The van der Waals surface area contributed by atoms with E-state index in [0.717, 1.165) is 5.75 Å². The Morgan fingerprint density at radius 2 is 1.88 bits per heavy atom. The van der Waals surface area contributed by atoms with Crippen LogP contribution in [0.15, 0.2) is 11.8 Å². The highest BCUT2D eigenvalue weighted by atomic mass is 32.1. The summed E-state index contributed by atoms with van der Waals surface area (Å²) in [6.07, 6.45) is 2.13. The molecule has 0 radical (unpaired) electrons. The first-order chi connectivity index (χ1) is 3.56. The highest BCUT2D eigenvalue weighted by molar-refractivity contribution is 7.80. The number of hydrogen-bond donors (Lipinski definition) is 1. The van der Waals surface area contributed by atoms with E-state index in [9.17, 15) is 0 Å². The summed E-state index contributed by atoms with van der Waals surface area (Å²) in [7, 11) is -0.908. The van der Waals surface area contributed by atoms with Crippen LogP contribution in [0, 0.1) is 0 Å². The SMILES string of the molecule is C[Si](C)(C)C=CCS. The summed E-state index contributed by atoms with van der Waals surface area (Å²) in [5.74, 6) is 0.879. The third-order valence-electron chi connectivity index (χ3n) is 0.723. The van der Waals surface area contributed by atoms with E-state index in [1.807, 2.05) is 0 Å². The van der Waals surface area contributed by atoms with Crippen LogP contribution in [-0.4, -0.2) is 13.8 Å². The smallest absolute Gasteiger partial charge is 0.0683 e. The Bertz CT molecular complexity index is 81.0. The Balaban J connectivity index is 3.52. The average molecular weight is 146 g/mol. The van der Waals surface area contributed by atoms with Crippen molar-refractivity contribution in [2.24, 2.45) is 0 Å². The van der Waals surface area contributed by atoms with Gasteiger partial charge in [-0.05, 0) is 0 Å². The van der Waals surface area contributed by atoms with Gasteiger partial charge in [-0.15, -0.1) is 0 Å². The summed E-state index contributed by atoms with van der Waals surface area (Å²) < 4.78 is 0. The number of hydrogen-bond acceptors (Lipinski definition) is 1. The van der Waals surface area contributed by atoms with E-state index >= 15 is 0 Å². The molecule has 0 heterocycles.